The molecule has 0 aliphatic carbocycles. The van der Waals surface area contributed by atoms with E-state index in [-0.39, 0.29) is 5.91 Å². The third-order valence-electron chi connectivity index (χ3n) is 6.65. The highest BCUT2D eigenvalue weighted by Crippen LogP contribution is 2.28. The SMILES string of the molecule is CCCCn1c(C(=O)N2CCN(c3cccc(C)c3C)CC2)c(C)c2ccccc21. The molecule has 4 heteroatoms. The summed E-state index contributed by atoms with van der Waals surface area (Å²) in [6.45, 7) is 12.8. The number of unbranched alkanes of at least 4 members (excludes halogenated alkanes) is 1. The van der Waals surface area contributed by atoms with Crippen LogP contribution in [0.2, 0.25) is 0 Å². The molecule has 158 valence electrons. The fraction of sp³-hybridized carbons (Fsp3) is 0.423. The van der Waals surface area contributed by atoms with E-state index < -0.39 is 0 Å². The van der Waals surface area contributed by atoms with Crippen molar-refractivity contribution in [1.82, 2.24) is 9.47 Å². The number of fused-ring (bicyclic) bond motifs is 1. The summed E-state index contributed by atoms with van der Waals surface area (Å²) in [5.74, 6) is 0.181. The van der Waals surface area contributed by atoms with E-state index in [1.807, 2.05) is 4.90 Å². The zero-order valence-electron chi connectivity index (χ0n) is 18.7. The van der Waals surface area contributed by atoms with E-state index >= 15 is 0 Å². The average Bonchev–Trinajstić information content (AvgIpc) is 3.05. The van der Waals surface area contributed by atoms with Gasteiger partial charge in [0.15, 0.2) is 0 Å². The maximum atomic E-state index is 13.6. The molecule has 1 fully saturated rings. The molecule has 1 aliphatic rings. The molecule has 4 nitrogen and oxygen atoms in total. The number of piperazine rings is 1. The van der Waals surface area contributed by atoms with Gasteiger partial charge in [0.25, 0.3) is 5.91 Å². The Morgan fingerprint density at radius 1 is 0.900 bits per heavy atom. The molecule has 0 radical (unpaired) electrons. The Hall–Kier alpha value is -2.75. The number of para-hydroxylation sites is 1. The first-order chi connectivity index (χ1) is 14.5. The minimum Gasteiger partial charge on any atom is -0.368 e. The minimum atomic E-state index is 0.181. The second kappa shape index (κ2) is 8.55. The normalized spacial score (nSPS) is 14.5. The topological polar surface area (TPSA) is 28.5 Å². The van der Waals surface area contributed by atoms with E-state index in [0.29, 0.717) is 0 Å². The van der Waals surface area contributed by atoms with Crippen LogP contribution in [-0.4, -0.2) is 41.6 Å². The molecular weight excluding hydrogens is 370 g/mol. The first-order valence-corrected chi connectivity index (χ1v) is 11.2. The highest BCUT2D eigenvalue weighted by molar-refractivity contribution is 6.01. The standard InChI is InChI=1S/C26H33N3O/c1-5-6-14-29-24-12-8-7-11-22(24)21(4)25(29)26(30)28-17-15-27(16-18-28)23-13-9-10-19(2)20(23)3/h7-13H,5-6,14-18H2,1-4H3. The molecule has 0 saturated carbocycles. The van der Waals surface area contributed by atoms with Crippen LogP contribution in [0.25, 0.3) is 10.9 Å². The first-order valence-electron chi connectivity index (χ1n) is 11.2. The lowest BCUT2D eigenvalue weighted by Gasteiger charge is -2.37. The van der Waals surface area contributed by atoms with E-state index in [0.717, 1.165) is 56.8 Å². The van der Waals surface area contributed by atoms with Crippen molar-refractivity contribution < 1.29 is 4.79 Å². The number of benzene rings is 2. The number of aromatic nitrogens is 1. The number of hydrogen-bond acceptors (Lipinski definition) is 2. The smallest absolute Gasteiger partial charge is 0.270 e. The van der Waals surface area contributed by atoms with Crippen LogP contribution in [0, 0.1) is 20.8 Å². The van der Waals surface area contributed by atoms with Crippen molar-refractivity contribution >= 4 is 22.5 Å². The summed E-state index contributed by atoms with van der Waals surface area (Å²) in [4.78, 5) is 18.1. The summed E-state index contributed by atoms with van der Waals surface area (Å²) >= 11 is 0. The molecule has 0 atom stereocenters. The highest BCUT2D eigenvalue weighted by atomic mass is 16.2. The maximum Gasteiger partial charge on any atom is 0.270 e. The van der Waals surface area contributed by atoms with Crippen LogP contribution in [0.3, 0.4) is 0 Å². The first kappa shape index (κ1) is 20.5. The van der Waals surface area contributed by atoms with Crippen LogP contribution in [0.5, 0.6) is 0 Å². The maximum absolute atomic E-state index is 13.6. The Balaban J connectivity index is 1.58. The summed E-state index contributed by atoms with van der Waals surface area (Å²) in [5.41, 5.74) is 7.14. The molecule has 3 aromatic rings. The number of carbonyl (C=O) groups is 1. The van der Waals surface area contributed by atoms with Gasteiger partial charge in [-0.3, -0.25) is 4.79 Å². The predicted molar refractivity (Wildman–Crippen MR) is 126 cm³/mol. The Morgan fingerprint density at radius 2 is 1.63 bits per heavy atom. The van der Waals surface area contributed by atoms with Gasteiger partial charge in [-0.15, -0.1) is 0 Å². The summed E-state index contributed by atoms with van der Waals surface area (Å²) in [6, 6.07) is 14.9. The van der Waals surface area contributed by atoms with Crippen molar-refractivity contribution in [3.63, 3.8) is 0 Å². The van der Waals surface area contributed by atoms with E-state index in [4.69, 9.17) is 0 Å². The second-order valence-electron chi connectivity index (χ2n) is 8.49. The number of hydrogen-bond donors (Lipinski definition) is 0. The lowest BCUT2D eigenvalue weighted by atomic mass is 10.1. The minimum absolute atomic E-state index is 0.181. The Kier molecular flexibility index (Phi) is 5.85. The molecule has 0 spiro atoms. The number of nitrogens with zero attached hydrogens (tertiary/aromatic N) is 3. The summed E-state index contributed by atoms with van der Waals surface area (Å²) in [6.07, 6.45) is 2.20. The molecule has 1 amide bonds. The van der Waals surface area contributed by atoms with Gasteiger partial charge in [-0.2, -0.15) is 0 Å². The molecule has 1 aliphatic heterocycles. The molecule has 0 bridgehead atoms. The fourth-order valence-electron chi connectivity index (χ4n) is 4.68. The van der Waals surface area contributed by atoms with Gasteiger partial charge in [-0.05, 0) is 56.0 Å². The highest BCUT2D eigenvalue weighted by Gasteiger charge is 2.27. The Morgan fingerprint density at radius 3 is 2.37 bits per heavy atom. The number of carbonyl (C=O) groups excluding carboxylic acids is 1. The lowest BCUT2D eigenvalue weighted by Crippen LogP contribution is -2.49. The van der Waals surface area contributed by atoms with Gasteiger partial charge in [0.1, 0.15) is 5.69 Å². The van der Waals surface area contributed by atoms with Crippen LogP contribution >= 0.6 is 0 Å². The van der Waals surface area contributed by atoms with Gasteiger partial charge >= 0.3 is 0 Å². The number of amides is 1. The zero-order chi connectivity index (χ0) is 21.3. The van der Waals surface area contributed by atoms with Crippen LogP contribution in [-0.2, 0) is 6.54 Å². The van der Waals surface area contributed by atoms with Gasteiger partial charge in [0.2, 0.25) is 0 Å². The molecule has 4 rings (SSSR count). The molecular formula is C26H33N3O. The lowest BCUT2D eigenvalue weighted by molar-refractivity contribution is 0.0735. The van der Waals surface area contributed by atoms with Crippen molar-refractivity contribution in [2.75, 3.05) is 31.1 Å². The van der Waals surface area contributed by atoms with Crippen LogP contribution in [0.15, 0.2) is 42.5 Å². The van der Waals surface area contributed by atoms with E-state index in [1.165, 1.54) is 27.7 Å². The second-order valence-corrected chi connectivity index (χ2v) is 8.49. The van der Waals surface area contributed by atoms with Gasteiger partial charge in [0.05, 0.1) is 0 Å². The average molecular weight is 404 g/mol. The predicted octanol–water partition coefficient (Wildman–Crippen LogP) is 5.33. The quantitative estimate of drug-likeness (QED) is 0.576. The molecule has 0 N–H and O–H groups in total. The number of aryl methyl sites for hydroxylation is 3. The van der Waals surface area contributed by atoms with Gasteiger partial charge in [-0.25, -0.2) is 0 Å². The Labute approximate surface area is 180 Å². The van der Waals surface area contributed by atoms with E-state index in [1.54, 1.807) is 0 Å². The monoisotopic (exact) mass is 403 g/mol. The summed E-state index contributed by atoms with van der Waals surface area (Å²) in [5, 5.41) is 1.20. The van der Waals surface area contributed by atoms with Crippen molar-refractivity contribution in [2.45, 2.75) is 47.1 Å². The zero-order valence-corrected chi connectivity index (χ0v) is 18.7. The summed E-state index contributed by atoms with van der Waals surface area (Å²) in [7, 11) is 0. The summed E-state index contributed by atoms with van der Waals surface area (Å²) < 4.78 is 2.26. The molecule has 2 aromatic carbocycles. The van der Waals surface area contributed by atoms with Crippen LogP contribution < -0.4 is 4.90 Å². The van der Waals surface area contributed by atoms with Crippen molar-refractivity contribution in [3.05, 3.63) is 64.8 Å². The number of anilines is 1. The van der Waals surface area contributed by atoms with Crippen LogP contribution in [0.4, 0.5) is 5.69 Å². The fourth-order valence-corrected chi connectivity index (χ4v) is 4.68. The van der Waals surface area contributed by atoms with Gasteiger partial charge in [-0.1, -0.05) is 43.7 Å². The number of rotatable bonds is 5. The van der Waals surface area contributed by atoms with E-state index in [2.05, 4.69) is 79.6 Å². The van der Waals surface area contributed by atoms with Crippen molar-refractivity contribution in [1.29, 1.82) is 0 Å². The molecule has 1 saturated heterocycles. The van der Waals surface area contributed by atoms with Crippen molar-refractivity contribution in [3.8, 4) is 0 Å². The molecule has 1 aromatic heterocycles. The molecule has 2 heterocycles. The van der Waals surface area contributed by atoms with Crippen molar-refractivity contribution in [2.24, 2.45) is 0 Å². The molecule has 0 unspecified atom stereocenters. The van der Waals surface area contributed by atoms with Gasteiger partial charge in [0, 0.05) is 49.3 Å². The largest absolute Gasteiger partial charge is 0.368 e. The molecule has 30 heavy (non-hydrogen) atoms. The van der Waals surface area contributed by atoms with Crippen LogP contribution in [0.1, 0.15) is 46.9 Å². The third kappa shape index (κ3) is 3.60. The van der Waals surface area contributed by atoms with Gasteiger partial charge < -0.3 is 14.4 Å². The third-order valence-corrected chi connectivity index (χ3v) is 6.65. The van der Waals surface area contributed by atoms with E-state index in [9.17, 15) is 4.79 Å². The Bertz CT molecular complexity index is 1060.